The van der Waals surface area contributed by atoms with Gasteiger partial charge in [-0.25, -0.2) is 4.39 Å². The van der Waals surface area contributed by atoms with Gasteiger partial charge in [0.2, 0.25) is 0 Å². The van der Waals surface area contributed by atoms with E-state index >= 15 is 0 Å². The van der Waals surface area contributed by atoms with Crippen LogP contribution >= 0.6 is 23.2 Å². The zero-order valence-corrected chi connectivity index (χ0v) is 19.3. The van der Waals surface area contributed by atoms with Gasteiger partial charge in [0.05, 0.1) is 11.1 Å². The molecule has 1 fully saturated rings. The van der Waals surface area contributed by atoms with Gasteiger partial charge in [-0.3, -0.25) is 9.88 Å². The summed E-state index contributed by atoms with van der Waals surface area (Å²) in [6.07, 6.45) is 1.65. The Kier molecular flexibility index (Phi) is 6.11. The lowest BCUT2D eigenvalue weighted by molar-refractivity contribution is 0.209. The second kappa shape index (κ2) is 9.18. The molecule has 0 saturated carbocycles. The van der Waals surface area contributed by atoms with Crippen LogP contribution in [0.2, 0.25) is 10.0 Å². The van der Waals surface area contributed by atoms with E-state index < -0.39 is 0 Å². The maximum absolute atomic E-state index is 13.3. The standard InChI is InChI=1S/C26H22Cl2FN3O/c27-18-5-3-17(4-6-18)25(22-16-23(28)21-2-1-11-30-24(21)26(22)33)32-14-12-31(13-15-32)20-9-7-19(29)8-10-20/h1-11,16,25,33H,12-15H2. The molecule has 0 spiro atoms. The Hall–Kier alpha value is -2.86. The van der Waals surface area contributed by atoms with E-state index in [1.165, 1.54) is 12.1 Å². The van der Waals surface area contributed by atoms with Crippen molar-refractivity contribution >= 4 is 39.8 Å². The summed E-state index contributed by atoms with van der Waals surface area (Å²) in [6.45, 7) is 3.05. The molecule has 1 saturated heterocycles. The number of fused-ring (bicyclic) bond motifs is 1. The summed E-state index contributed by atoms with van der Waals surface area (Å²) >= 11 is 12.8. The van der Waals surface area contributed by atoms with Crippen molar-refractivity contribution in [2.45, 2.75) is 6.04 Å². The van der Waals surface area contributed by atoms with E-state index in [1.54, 1.807) is 12.3 Å². The van der Waals surface area contributed by atoms with E-state index in [0.717, 1.165) is 42.8 Å². The number of phenols is 1. The largest absolute Gasteiger partial charge is 0.505 e. The van der Waals surface area contributed by atoms with E-state index in [1.807, 2.05) is 48.5 Å². The Morgan fingerprint density at radius 1 is 0.909 bits per heavy atom. The number of hydrogen-bond donors (Lipinski definition) is 1. The van der Waals surface area contributed by atoms with Crippen molar-refractivity contribution in [2.24, 2.45) is 0 Å². The molecule has 4 aromatic rings. The maximum Gasteiger partial charge on any atom is 0.147 e. The molecule has 33 heavy (non-hydrogen) atoms. The molecule has 7 heteroatoms. The smallest absolute Gasteiger partial charge is 0.147 e. The first-order valence-corrected chi connectivity index (χ1v) is 11.5. The fraction of sp³-hybridized carbons (Fsp3) is 0.192. The predicted octanol–water partition coefficient (Wildman–Crippen LogP) is 6.30. The molecule has 1 aliphatic heterocycles. The van der Waals surface area contributed by atoms with Crippen molar-refractivity contribution in [1.29, 1.82) is 0 Å². The van der Waals surface area contributed by atoms with Crippen molar-refractivity contribution < 1.29 is 9.50 Å². The number of nitrogens with zero attached hydrogens (tertiary/aromatic N) is 3. The molecule has 3 aromatic carbocycles. The van der Waals surface area contributed by atoms with Crippen molar-refractivity contribution in [2.75, 3.05) is 31.1 Å². The summed E-state index contributed by atoms with van der Waals surface area (Å²) in [6, 6.07) is 19.5. The maximum atomic E-state index is 13.3. The minimum atomic E-state index is -0.238. The highest BCUT2D eigenvalue weighted by atomic mass is 35.5. The van der Waals surface area contributed by atoms with Gasteiger partial charge in [-0.2, -0.15) is 0 Å². The molecule has 1 atom stereocenters. The van der Waals surface area contributed by atoms with Gasteiger partial charge >= 0.3 is 0 Å². The van der Waals surface area contributed by atoms with Crippen LogP contribution in [0.5, 0.6) is 5.75 Å². The van der Waals surface area contributed by atoms with Crippen LogP contribution in [0.25, 0.3) is 10.9 Å². The molecule has 0 amide bonds. The van der Waals surface area contributed by atoms with Gasteiger partial charge in [0.25, 0.3) is 0 Å². The Balaban J connectivity index is 1.52. The van der Waals surface area contributed by atoms with Gasteiger partial charge in [0, 0.05) is 54.0 Å². The van der Waals surface area contributed by atoms with Gasteiger partial charge in [-0.15, -0.1) is 0 Å². The molecule has 2 heterocycles. The van der Waals surface area contributed by atoms with Crippen molar-refractivity contribution in [1.82, 2.24) is 9.88 Å². The number of rotatable bonds is 4. The second-order valence-electron chi connectivity index (χ2n) is 8.15. The molecule has 1 N–H and O–H groups in total. The first-order valence-electron chi connectivity index (χ1n) is 10.8. The number of halogens is 3. The number of piperazine rings is 1. The Morgan fingerprint density at radius 2 is 1.61 bits per heavy atom. The van der Waals surface area contributed by atoms with Crippen LogP contribution in [0.1, 0.15) is 17.2 Å². The van der Waals surface area contributed by atoms with E-state index in [2.05, 4.69) is 14.8 Å². The molecule has 0 aliphatic carbocycles. The Morgan fingerprint density at radius 3 is 2.30 bits per heavy atom. The lowest BCUT2D eigenvalue weighted by Gasteiger charge is -2.41. The van der Waals surface area contributed by atoms with Gasteiger partial charge in [0.1, 0.15) is 17.1 Å². The van der Waals surface area contributed by atoms with E-state index in [0.29, 0.717) is 21.1 Å². The summed E-state index contributed by atoms with van der Waals surface area (Å²) in [7, 11) is 0. The average molecular weight is 482 g/mol. The molecule has 1 unspecified atom stereocenters. The summed E-state index contributed by atoms with van der Waals surface area (Å²) in [4.78, 5) is 8.95. The first kappa shape index (κ1) is 22.0. The molecule has 4 nitrogen and oxygen atoms in total. The SMILES string of the molecule is Oc1c(C(c2ccc(Cl)cc2)N2CCN(c3ccc(F)cc3)CC2)cc(Cl)c2cccnc12. The molecule has 0 bridgehead atoms. The monoisotopic (exact) mass is 481 g/mol. The topological polar surface area (TPSA) is 39.6 Å². The van der Waals surface area contributed by atoms with Gasteiger partial charge in [-0.05, 0) is 60.2 Å². The zero-order chi connectivity index (χ0) is 22.9. The fourth-order valence-electron chi connectivity index (χ4n) is 4.54. The van der Waals surface area contributed by atoms with Crippen LogP contribution in [-0.2, 0) is 0 Å². The summed E-state index contributed by atoms with van der Waals surface area (Å²) in [5.74, 6) is -0.103. The Bertz CT molecular complexity index is 1270. The summed E-state index contributed by atoms with van der Waals surface area (Å²) in [5.41, 5.74) is 3.21. The molecular weight excluding hydrogens is 460 g/mol. The van der Waals surface area contributed by atoms with Gasteiger partial charge in [0.15, 0.2) is 0 Å². The van der Waals surface area contributed by atoms with Crippen LogP contribution in [0, 0.1) is 5.82 Å². The normalized spacial score (nSPS) is 15.7. The molecule has 1 aliphatic rings. The highest BCUT2D eigenvalue weighted by molar-refractivity contribution is 6.35. The Labute approximate surface area is 201 Å². The predicted molar refractivity (Wildman–Crippen MR) is 132 cm³/mol. The number of anilines is 1. The molecular formula is C26H22Cl2FN3O. The van der Waals surface area contributed by atoms with Crippen LogP contribution < -0.4 is 4.90 Å². The van der Waals surface area contributed by atoms with E-state index in [9.17, 15) is 9.50 Å². The number of benzene rings is 3. The van der Waals surface area contributed by atoms with E-state index in [-0.39, 0.29) is 17.6 Å². The number of hydrogen-bond acceptors (Lipinski definition) is 4. The third-order valence-corrected chi connectivity index (χ3v) is 6.76. The second-order valence-corrected chi connectivity index (χ2v) is 8.99. The molecule has 0 radical (unpaired) electrons. The van der Waals surface area contributed by atoms with Crippen molar-refractivity contribution in [3.8, 4) is 5.75 Å². The van der Waals surface area contributed by atoms with Crippen LogP contribution in [0.15, 0.2) is 72.9 Å². The zero-order valence-electron chi connectivity index (χ0n) is 17.8. The molecule has 5 rings (SSSR count). The average Bonchev–Trinajstić information content (AvgIpc) is 2.84. The minimum absolute atomic E-state index is 0.135. The van der Waals surface area contributed by atoms with E-state index in [4.69, 9.17) is 23.2 Å². The van der Waals surface area contributed by atoms with Gasteiger partial charge < -0.3 is 10.0 Å². The minimum Gasteiger partial charge on any atom is -0.505 e. The lowest BCUT2D eigenvalue weighted by Crippen LogP contribution is -2.48. The molecule has 168 valence electrons. The quantitative estimate of drug-likeness (QED) is 0.371. The summed E-state index contributed by atoms with van der Waals surface area (Å²) in [5, 5.41) is 13.2. The lowest BCUT2D eigenvalue weighted by atomic mass is 9.94. The van der Waals surface area contributed by atoms with Crippen molar-refractivity contribution in [3.05, 3.63) is 99.9 Å². The number of aromatic nitrogens is 1. The van der Waals surface area contributed by atoms with Crippen LogP contribution in [0.4, 0.5) is 10.1 Å². The highest BCUT2D eigenvalue weighted by Gasteiger charge is 2.30. The third-order valence-electron chi connectivity index (χ3n) is 6.20. The first-order chi connectivity index (χ1) is 16.0. The van der Waals surface area contributed by atoms with Gasteiger partial charge in [-0.1, -0.05) is 35.3 Å². The van der Waals surface area contributed by atoms with Crippen molar-refractivity contribution in [3.63, 3.8) is 0 Å². The third kappa shape index (κ3) is 4.36. The number of aromatic hydroxyl groups is 1. The number of phenolic OH excluding ortho intramolecular Hbond substituents is 1. The van der Waals surface area contributed by atoms with Crippen LogP contribution in [-0.4, -0.2) is 41.2 Å². The fourth-order valence-corrected chi connectivity index (χ4v) is 4.93. The summed E-state index contributed by atoms with van der Waals surface area (Å²) < 4.78 is 13.3. The highest BCUT2D eigenvalue weighted by Crippen LogP contribution is 2.41. The van der Waals surface area contributed by atoms with Crippen LogP contribution in [0.3, 0.4) is 0 Å². The number of pyridine rings is 1. The molecule has 1 aromatic heterocycles.